The van der Waals surface area contributed by atoms with Crippen LogP contribution in [-0.4, -0.2) is 86.6 Å². The lowest BCUT2D eigenvalue weighted by Gasteiger charge is -2.58. The van der Waals surface area contributed by atoms with Gasteiger partial charge in [-0.3, -0.25) is 0 Å². The second kappa shape index (κ2) is 24.1. The molecular formula is C66H112N4O4. The molecule has 0 aromatic heterocycles. The van der Waals surface area contributed by atoms with E-state index in [1.165, 1.54) is 103 Å². The molecule has 9 rings (SSSR count). The first-order valence-corrected chi connectivity index (χ1v) is 32.1. The van der Waals surface area contributed by atoms with E-state index in [4.69, 9.17) is 9.47 Å². The van der Waals surface area contributed by atoms with Crippen molar-refractivity contribution in [1.29, 1.82) is 0 Å². The Morgan fingerprint density at radius 2 is 0.932 bits per heavy atom. The van der Waals surface area contributed by atoms with E-state index in [0.717, 1.165) is 162 Å². The Kier molecular flexibility index (Phi) is 18.5. The smallest absolute Gasteiger partial charge is 0.407 e. The zero-order valence-corrected chi connectivity index (χ0v) is 49.4. The first-order chi connectivity index (χ1) is 35.4. The van der Waals surface area contributed by atoms with Crippen LogP contribution in [0.2, 0.25) is 0 Å². The number of carbonyl (C=O) groups excluding carboxylic acids is 2. The van der Waals surface area contributed by atoms with Gasteiger partial charge in [-0.1, -0.05) is 131 Å². The van der Waals surface area contributed by atoms with Crippen molar-refractivity contribution < 1.29 is 19.1 Å². The van der Waals surface area contributed by atoms with Gasteiger partial charge in [-0.2, -0.15) is 0 Å². The summed E-state index contributed by atoms with van der Waals surface area (Å²) >= 11 is 0. The van der Waals surface area contributed by atoms with Crippen LogP contribution in [-0.2, 0) is 9.47 Å². The molecule has 2 amide bonds. The summed E-state index contributed by atoms with van der Waals surface area (Å²) in [6, 6.07) is 0. The summed E-state index contributed by atoms with van der Waals surface area (Å²) in [6.07, 6.45) is 35.0. The fraction of sp³-hybridized carbons (Fsp3) is 0.909. The summed E-state index contributed by atoms with van der Waals surface area (Å²) in [7, 11) is 0. The van der Waals surface area contributed by atoms with E-state index in [2.05, 4.69) is 102 Å². The van der Waals surface area contributed by atoms with E-state index in [1.807, 2.05) is 0 Å². The van der Waals surface area contributed by atoms with Crippen LogP contribution in [0.3, 0.4) is 0 Å². The Hall–Kier alpha value is -2.06. The number of rotatable bonds is 20. The highest BCUT2D eigenvalue weighted by Crippen LogP contribution is 2.69. The largest absolute Gasteiger partial charge is 0.446 e. The first kappa shape index (κ1) is 56.7. The quantitative estimate of drug-likeness (QED) is 0.0934. The third kappa shape index (κ3) is 12.1. The van der Waals surface area contributed by atoms with Crippen LogP contribution in [0.1, 0.15) is 223 Å². The molecule has 6 saturated carbocycles. The Morgan fingerprint density at radius 1 is 0.527 bits per heavy atom. The van der Waals surface area contributed by atoms with Crippen molar-refractivity contribution in [2.24, 2.45) is 92.7 Å². The molecule has 0 radical (unpaired) electrons. The van der Waals surface area contributed by atoms with Gasteiger partial charge in [0.2, 0.25) is 0 Å². The average Bonchev–Trinajstić information content (AvgIpc) is 3.91. The predicted octanol–water partition coefficient (Wildman–Crippen LogP) is 15.7. The van der Waals surface area contributed by atoms with E-state index in [9.17, 15) is 9.59 Å². The zero-order valence-electron chi connectivity index (χ0n) is 49.4. The van der Waals surface area contributed by atoms with E-state index < -0.39 is 0 Å². The third-order valence-corrected chi connectivity index (χ3v) is 24.4. The number of piperazine rings is 1. The second-order valence-electron chi connectivity index (χ2n) is 29.4. The van der Waals surface area contributed by atoms with Crippen molar-refractivity contribution in [1.82, 2.24) is 20.4 Å². The van der Waals surface area contributed by atoms with E-state index in [1.54, 1.807) is 11.1 Å². The van der Waals surface area contributed by atoms with Crippen molar-refractivity contribution in [3.05, 3.63) is 23.3 Å². The lowest BCUT2D eigenvalue weighted by Crippen LogP contribution is -2.51. The molecule has 0 aromatic carbocycles. The minimum Gasteiger partial charge on any atom is -0.446 e. The van der Waals surface area contributed by atoms with Gasteiger partial charge in [0.05, 0.1) is 0 Å². The van der Waals surface area contributed by atoms with Crippen LogP contribution in [0.15, 0.2) is 23.3 Å². The van der Waals surface area contributed by atoms with Crippen molar-refractivity contribution in [2.45, 2.75) is 236 Å². The van der Waals surface area contributed by atoms with Gasteiger partial charge in [-0.15, -0.1) is 0 Å². The number of ether oxygens (including phenoxy) is 2. The van der Waals surface area contributed by atoms with Gasteiger partial charge in [0.15, 0.2) is 0 Å². The number of nitrogens with one attached hydrogen (secondary N) is 2. The molecule has 16 atom stereocenters. The van der Waals surface area contributed by atoms with Crippen molar-refractivity contribution in [3.8, 4) is 0 Å². The number of carbonyl (C=O) groups is 2. The van der Waals surface area contributed by atoms with Crippen LogP contribution in [0.5, 0.6) is 0 Å². The second-order valence-corrected chi connectivity index (χ2v) is 29.4. The number of fused-ring (bicyclic) bond motifs is 10. The lowest BCUT2D eigenvalue weighted by molar-refractivity contribution is -0.0581. The van der Waals surface area contributed by atoms with Crippen molar-refractivity contribution >= 4 is 12.2 Å². The SMILES string of the molecule is CC(C)CCCC(C)C1CCC2C3CC=C4CC(OC(=O)NCCCN5CCN(CCCNC(=O)OC6CCC7(C)C(=CCC8C7CCC7(C)C(C(C)CCCC(C)C)CCC87)C6)CC5)CCC4(C)C3CCC12C. The van der Waals surface area contributed by atoms with Crippen LogP contribution in [0, 0.1) is 92.7 Å². The molecule has 2 N–H and O–H groups in total. The summed E-state index contributed by atoms with van der Waals surface area (Å²) in [5, 5.41) is 6.22. The maximum absolute atomic E-state index is 13.1. The zero-order chi connectivity index (χ0) is 52.4. The summed E-state index contributed by atoms with van der Waals surface area (Å²) in [6.45, 7) is 32.7. The Morgan fingerprint density at radius 3 is 1.32 bits per heavy atom. The van der Waals surface area contributed by atoms with Crippen molar-refractivity contribution in [3.63, 3.8) is 0 Å². The number of nitrogens with zero attached hydrogens (tertiary/aromatic N) is 2. The van der Waals surface area contributed by atoms with Gasteiger partial charge in [-0.25, -0.2) is 9.59 Å². The topological polar surface area (TPSA) is 83.1 Å². The highest BCUT2D eigenvalue weighted by molar-refractivity contribution is 5.67. The Bertz CT molecular complexity index is 1800. The fourth-order valence-electron chi connectivity index (χ4n) is 20.1. The van der Waals surface area contributed by atoms with Crippen LogP contribution in [0.4, 0.5) is 9.59 Å². The molecule has 1 heterocycles. The average molecular weight is 1030 g/mol. The number of allylic oxidation sites excluding steroid dienone is 2. The van der Waals surface area contributed by atoms with Gasteiger partial charge in [0, 0.05) is 52.1 Å². The summed E-state index contributed by atoms with van der Waals surface area (Å²) < 4.78 is 12.2. The first-order valence-electron chi connectivity index (χ1n) is 32.1. The third-order valence-electron chi connectivity index (χ3n) is 24.4. The van der Waals surface area contributed by atoms with E-state index >= 15 is 0 Å². The molecule has 0 aromatic rings. The van der Waals surface area contributed by atoms with Crippen LogP contribution < -0.4 is 10.6 Å². The number of hydrogen-bond acceptors (Lipinski definition) is 6. The monoisotopic (exact) mass is 1020 g/mol. The van der Waals surface area contributed by atoms with Crippen molar-refractivity contribution in [2.75, 3.05) is 52.4 Å². The number of hydrogen-bond donors (Lipinski definition) is 2. The molecule has 74 heavy (non-hydrogen) atoms. The highest BCUT2D eigenvalue weighted by atomic mass is 16.6. The molecule has 0 spiro atoms. The molecule has 1 saturated heterocycles. The van der Waals surface area contributed by atoms with Gasteiger partial charge in [0.25, 0.3) is 0 Å². The van der Waals surface area contributed by atoms with Gasteiger partial charge in [-0.05, 0) is 208 Å². The normalized spacial score (nSPS) is 39.8. The fourth-order valence-corrected chi connectivity index (χ4v) is 20.1. The molecule has 8 heteroatoms. The Labute approximate surface area is 453 Å². The van der Waals surface area contributed by atoms with E-state index in [-0.39, 0.29) is 35.2 Å². The Balaban J connectivity index is 0.617. The molecule has 420 valence electrons. The summed E-state index contributed by atoms with van der Waals surface area (Å²) in [4.78, 5) is 31.2. The molecule has 16 unspecified atom stereocenters. The molecular weight excluding hydrogens is 913 g/mol. The molecule has 8 nitrogen and oxygen atoms in total. The minimum atomic E-state index is -0.231. The maximum Gasteiger partial charge on any atom is 0.407 e. The number of alkyl carbamates (subject to hydrolysis) is 2. The predicted molar refractivity (Wildman–Crippen MR) is 305 cm³/mol. The lowest BCUT2D eigenvalue weighted by atomic mass is 9.47. The summed E-state index contributed by atoms with van der Waals surface area (Å²) in [5.74, 6) is 10.1. The molecule has 8 aliphatic carbocycles. The van der Waals surface area contributed by atoms with Crippen LogP contribution in [0.25, 0.3) is 0 Å². The minimum absolute atomic E-state index is 0.000307. The molecule has 7 fully saturated rings. The van der Waals surface area contributed by atoms with Gasteiger partial charge in [0.1, 0.15) is 12.2 Å². The standard InChI is InChI=1S/C66H112N4O4/c1-45(2)15-11-17-47(5)55-23-25-57-53-21-19-49-43-51(27-31-63(49,7)59(53)29-33-65(55,57)9)73-61(71)67-35-13-37-69-39-41-70(42-40-69)38-14-36-68-62(72)74-52-28-32-64(8)50(44-52)20-22-54-58-26-24-56(48(6)18-12-16-46(3)4)66(58,10)34-30-60(54)64/h19-20,45-48,51-60H,11-18,21-44H2,1-10H3,(H,67,71)(H,68,72). The molecule has 0 bridgehead atoms. The maximum atomic E-state index is 13.1. The van der Waals surface area contributed by atoms with Gasteiger partial charge >= 0.3 is 12.2 Å². The number of amides is 2. The molecule has 1 aliphatic heterocycles. The highest BCUT2D eigenvalue weighted by Gasteiger charge is 2.61. The van der Waals surface area contributed by atoms with E-state index in [0.29, 0.717) is 23.9 Å². The molecule has 9 aliphatic rings. The van der Waals surface area contributed by atoms with Crippen LogP contribution >= 0.6 is 0 Å². The summed E-state index contributed by atoms with van der Waals surface area (Å²) in [5.41, 5.74) is 4.78. The van der Waals surface area contributed by atoms with Gasteiger partial charge < -0.3 is 29.9 Å².